The average molecular weight is 861 g/mol. The van der Waals surface area contributed by atoms with E-state index in [1.807, 2.05) is 0 Å². The molecule has 0 aliphatic heterocycles. The SMILES string of the molecule is Cc1ccc(N(c2ccc(-c3ccc(-c4ccccc4)cc3)cc2)c2ccc3c(c2)C(C)(C)c2cc(N(c4ccc(C)cc4)c4ccc(-c5ccc(-c6ccccc6)cc5)cc4)ccc2-3)cc1. The van der Waals surface area contributed by atoms with Gasteiger partial charge in [-0.15, -0.1) is 0 Å². The van der Waals surface area contributed by atoms with Crippen LogP contribution >= 0.6 is 0 Å². The molecule has 0 amide bonds. The van der Waals surface area contributed by atoms with Crippen molar-refractivity contribution in [2.75, 3.05) is 9.80 Å². The van der Waals surface area contributed by atoms with Gasteiger partial charge in [-0.25, -0.2) is 0 Å². The van der Waals surface area contributed by atoms with Crippen LogP contribution in [0.1, 0.15) is 36.1 Å². The van der Waals surface area contributed by atoms with Gasteiger partial charge in [0.05, 0.1) is 0 Å². The summed E-state index contributed by atoms with van der Waals surface area (Å²) in [5.41, 5.74) is 23.9. The summed E-state index contributed by atoms with van der Waals surface area (Å²) < 4.78 is 0. The van der Waals surface area contributed by atoms with E-state index in [9.17, 15) is 0 Å². The first-order chi connectivity index (χ1) is 32.8. The van der Waals surface area contributed by atoms with Crippen LogP contribution in [0.4, 0.5) is 34.1 Å². The van der Waals surface area contributed by atoms with Crippen molar-refractivity contribution in [3.05, 3.63) is 265 Å². The minimum atomic E-state index is -0.250. The fourth-order valence-electron chi connectivity index (χ4n) is 9.85. The Bertz CT molecular complexity index is 3090. The molecule has 0 radical (unpaired) electrons. The van der Waals surface area contributed by atoms with Gasteiger partial charge in [0, 0.05) is 39.5 Å². The average Bonchev–Trinajstić information content (AvgIpc) is 3.61. The van der Waals surface area contributed by atoms with Gasteiger partial charge in [-0.05, 0) is 153 Å². The van der Waals surface area contributed by atoms with Gasteiger partial charge in [-0.3, -0.25) is 0 Å². The Hall–Kier alpha value is -8.20. The molecular weight excluding hydrogens is 809 g/mol. The third kappa shape index (κ3) is 8.02. The highest BCUT2D eigenvalue weighted by molar-refractivity contribution is 5.89. The molecular formula is C65H52N2. The first-order valence-corrected chi connectivity index (χ1v) is 23.3. The molecule has 322 valence electrons. The lowest BCUT2D eigenvalue weighted by atomic mass is 9.82. The van der Waals surface area contributed by atoms with Crippen molar-refractivity contribution in [2.24, 2.45) is 0 Å². The second kappa shape index (κ2) is 17.3. The lowest BCUT2D eigenvalue weighted by Gasteiger charge is -2.29. The van der Waals surface area contributed by atoms with E-state index in [2.05, 4.69) is 280 Å². The zero-order valence-electron chi connectivity index (χ0n) is 38.5. The number of fused-ring (bicyclic) bond motifs is 3. The van der Waals surface area contributed by atoms with E-state index >= 15 is 0 Å². The quantitative estimate of drug-likeness (QED) is 0.135. The number of hydrogen-bond acceptors (Lipinski definition) is 2. The van der Waals surface area contributed by atoms with Gasteiger partial charge < -0.3 is 9.80 Å². The molecule has 0 fully saturated rings. The van der Waals surface area contributed by atoms with Crippen LogP contribution < -0.4 is 9.80 Å². The standard InChI is InChI=1S/C65H52N2/c1-45-15-31-55(32-16-45)66(57-35-27-53(28-36-57)51-23-19-49(20-24-51)47-11-7-5-8-12-47)59-39-41-61-62-42-40-60(44-64(62)65(3,4)63(61)43-59)67(56-33-17-46(2)18-34-56)58-37-29-54(30-38-58)52-25-21-50(22-26-52)48-13-9-6-10-14-48/h5-44H,1-4H3. The van der Waals surface area contributed by atoms with E-state index < -0.39 is 0 Å². The minimum absolute atomic E-state index is 0.250. The van der Waals surface area contributed by atoms with Crippen LogP contribution in [-0.4, -0.2) is 0 Å². The largest absolute Gasteiger partial charge is 0.310 e. The summed E-state index contributed by atoms with van der Waals surface area (Å²) in [6, 6.07) is 88.8. The van der Waals surface area contributed by atoms with E-state index in [1.54, 1.807) is 0 Å². The lowest BCUT2D eigenvalue weighted by molar-refractivity contribution is 0.660. The number of nitrogens with zero attached hydrogens (tertiary/aromatic N) is 2. The number of benzene rings is 10. The molecule has 11 rings (SSSR count). The van der Waals surface area contributed by atoms with Crippen LogP contribution in [0, 0.1) is 13.8 Å². The van der Waals surface area contributed by atoms with Crippen LogP contribution in [0.5, 0.6) is 0 Å². The Labute approximate surface area is 395 Å². The second-order valence-corrected chi connectivity index (χ2v) is 18.4. The third-order valence-corrected chi connectivity index (χ3v) is 13.6. The summed E-state index contributed by atoms with van der Waals surface area (Å²) >= 11 is 0. The van der Waals surface area contributed by atoms with Crippen molar-refractivity contribution in [2.45, 2.75) is 33.1 Å². The Morgan fingerprint density at radius 2 is 0.493 bits per heavy atom. The summed E-state index contributed by atoms with van der Waals surface area (Å²) in [6.45, 7) is 9.06. The number of hydrogen-bond donors (Lipinski definition) is 0. The maximum atomic E-state index is 2.42. The highest BCUT2D eigenvalue weighted by Gasteiger charge is 2.37. The van der Waals surface area contributed by atoms with E-state index in [-0.39, 0.29) is 5.41 Å². The summed E-state index contributed by atoms with van der Waals surface area (Å²) in [5, 5.41) is 0. The molecule has 0 unspecified atom stereocenters. The Kier molecular flexibility index (Phi) is 10.7. The molecule has 2 heteroatoms. The van der Waals surface area contributed by atoms with Crippen molar-refractivity contribution in [3.8, 4) is 55.6 Å². The first-order valence-electron chi connectivity index (χ1n) is 23.3. The number of anilines is 6. The minimum Gasteiger partial charge on any atom is -0.310 e. The number of aryl methyl sites for hydroxylation is 2. The molecule has 0 bridgehead atoms. The van der Waals surface area contributed by atoms with Gasteiger partial charge in [0.25, 0.3) is 0 Å². The zero-order chi connectivity index (χ0) is 45.5. The van der Waals surface area contributed by atoms with Gasteiger partial charge in [0.1, 0.15) is 0 Å². The Morgan fingerprint density at radius 1 is 0.254 bits per heavy atom. The van der Waals surface area contributed by atoms with Crippen LogP contribution in [0.3, 0.4) is 0 Å². The molecule has 1 aliphatic carbocycles. The van der Waals surface area contributed by atoms with Crippen LogP contribution in [-0.2, 0) is 5.41 Å². The van der Waals surface area contributed by atoms with Gasteiger partial charge in [0.15, 0.2) is 0 Å². The van der Waals surface area contributed by atoms with Crippen molar-refractivity contribution in [1.29, 1.82) is 0 Å². The predicted molar refractivity (Wildman–Crippen MR) is 285 cm³/mol. The summed E-state index contributed by atoms with van der Waals surface area (Å²) in [4.78, 5) is 4.79. The Balaban J connectivity index is 0.916. The van der Waals surface area contributed by atoms with Crippen molar-refractivity contribution in [1.82, 2.24) is 0 Å². The fourth-order valence-corrected chi connectivity index (χ4v) is 9.85. The lowest BCUT2D eigenvalue weighted by Crippen LogP contribution is -2.17. The molecule has 0 heterocycles. The fraction of sp³-hybridized carbons (Fsp3) is 0.0769. The summed E-state index contributed by atoms with van der Waals surface area (Å²) in [6.07, 6.45) is 0. The molecule has 0 saturated carbocycles. The second-order valence-electron chi connectivity index (χ2n) is 18.4. The van der Waals surface area contributed by atoms with Gasteiger partial charge in [0.2, 0.25) is 0 Å². The predicted octanol–water partition coefficient (Wildman–Crippen LogP) is 18.2. The topological polar surface area (TPSA) is 6.48 Å². The molecule has 0 spiro atoms. The monoisotopic (exact) mass is 860 g/mol. The highest BCUT2D eigenvalue weighted by atomic mass is 15.1. The van der Waals surface area contributed by atoms with Crippen LogP contribution in [0.2, 0.25) is 0 Å². The van der Waals surface area contributed by atoms with E-state index in [0.717, 1.165) is 34.1 Å². The third-order valence-electron chi connectivity index (χ3n) is 13.6. The van der Waals surface area contributed by atoms with Crippen LogP contribution in [0.25, 0.3) is 55.6 Å². The van der Waals surface area contributed by atoms with Gasteiger partial charge >= 0.3 is 0 Å². The summed E-state index contributed by atoms with van der Waals surface area (Å²) in [5.74, 6) is 0. The molecule has 1 aliphatic rings. The Morgan fingerprint density at radius 3 is 0.791 bits per heavy atom. The van der Waals surface area contributed by atoms with Crippen molar-refractivity contribution < 1.29 is 0 Å². The van der Waals surface area contributed by atoms with Crippen LogP contribution in [0.15, 0.2) is 243 Å². The van der Waals surface area contributed by atoms with Gasteiger partial charge in [-0.1, -0.05) is 195 Å². The molecule has 0 N–H and O–H groups in total. The summed E-state index contributed by atoms with van der Waals surface area (Å²) in [7, 11) is 0. The first kappa shape index (κ1) is 41.5. The van der Waals surface area contributed by atoms with Crippen molar-refractivity contribution in [3.63, 3.8) is 0 Å². The molecule has 2 nitrogen and oxygen atoms in total. The molecule has 10 aromatic carbocycles. The number of rotatable bonds is 10. The van der Waals surface area contributed by atoms with E-state index in [1.165, 1.54) is 77.9 Å². The smallest absolute Gasteiger partial charge is 0.0465 e. The highest BCUT2D eigenvalue weighted by Crippen LogP contribution is 2.52. The molecule has 0 saturated heterocycles. The molecule has 0 atom stereocenters. The molecule has 0 aromatic heterocycles. The molecule has 67 heavy (non-hydrogen) atoms. The van der Waals surface area contributed by atoms with Gasteiger partial charge in [-0.2, -0.15) is 0 Å². The maximum absolute atomic E-state index is 2.42. The van der Waals surface area contributed by atoms with E-state index in [0.29, 0.717) is 0 Å². The van der Waals surface area contributed by atoms with E-state index in [4.69, 9.17) is 0 Å². The maximum Gasteiger partial charge on any atom is 0.0465 e. The zero-order valence-corrected chi connectivity index (χ0v) is 38.5. The van der Waals surface area contributed by atoms with Crippen molar-refractivity contribution >= 4 is 34.1 Å². The normalized spacial score (nSPS) is 12.3. The molecule has 10 aromatic rings.